The Bertz CT molecular complexity index is 626. The number of terminal acetylenes is 1. The van der Waals surface area contributed by atoms with Crippen LogP contribution in [0, 0.1) is 18.3 Å². The van der Waals surface area contributed by atoms with E-state index in [1.807, 2.05) is 31.2 Å². The molecule has 0 fully saturated rings. The molecule has 1 heterocycles. The van der Waals surface area contributed by atoms with E-state index >= 15 is 0 Å². The molecule has 2 rings (SSSR count). The molecule has 0 saturated carbocycles. The molecule has 0 amide bonds. The average molecular weight is 330 g/mol. The van der Waals surface area contributed by atoms with Crippen LogP contribution in [0.3, 0.4) is 0 Å². The van der Waals surface area contributed by atoms with E-state index in [2.05, 4.69) is 5.92 Å². The van der Waals surface area contributed by atoms with E-state index in [-0.39, 0.29) is 24.2 Å². The van der Waals surface area contributed by atoms with E-state index in [9.17, 15) is 9.90 Å². The molecular weight excluding hydrogens is 308 g/mol. The van der Waals surface area contributed by atoms with Gasteiger partial charge in [-0.3, -0.25) is 0 Å². The number of carbonyl (C=O) groups is 1. The highest BCUT2D eigenvalue weighted by Gasteiger charge is 2.37. The minimum atomic E-state index is -1.12. The Hall–Kier alpha value is -2.29. The fraction of sp³-hybridized carbons (Fsp3) is 0.421. The summed E-state index contributed by atoms with van der Waals surface area (Å²) in [7, 11) is 0. The van der Waals surface area contributed by atoms with Crippen molar-refractivity contribution in [2.24, 2.45) is 5.92 Å². The third-order valence-corrected chi connectivity index (χ3v) is 4.08. The molecule has 0 bridgehead atoms. The first-order chi connectivity index (χ1) is 11.6. The molecule has 5 nitrogen and oxygen atoms in total. The van der Waals surface area contributed by atoms with Crippen LogP contribution in [0.25, 0.3) is 0 Å². The first kappa shape index (κ1) is 18.1. The Labute approximate surface area is 141 Å². The molecule has 2 N–H and O–H groups in total. The van der Waals surface area contributed by atoms with Crippen LogP contribution in [0.5, 0.6) is 0 Å². The summed E-state index contributed by atoms with van der Waals surface area (Å²) in [5.41, 5.74) is 1.71. The number of carboxylic acids is 1. The summed E-state index contributed by atoms with van der Waals surface area (Å²) in [6, 6.07) is 7.46. The number of rotatable bonds is 7. The molecule has 128 valence electrons. The molecule has 0 saturated heterocycles. The van der Waals surface area contributed by atoms with E-state index in [4.69, 9.17) is 21.0 Å². The van der Waals surface area contributed by atoms with Gasteiger partial charge >= 0.3 is 5.97 Å². The first-order valence-electron chi connectivity index (χ1n) is 8.01. The van der Waals surface area contributed by atoms with Crippen LogP contribution in [-0.2, 0) is 14.3 Å². The third-order valence-electron chi connectivity index (χ3n) is 4.08. The number of hydrogen-bond acceptors (Lipinski definition) is 4. The monoisotopic (exact) mass is 330 g/mol. The van der Waals surface area contributed by atoms with Crippen molar-refractivity contribution in [2.45, 2.75) is 32.0 Å². The fourth-order valence-corrected chi connectivity index (χ4v) is 2.94. The molecular formula is C19H22O5. The number of benzene rings is 1. The van der Waals surface area contributed by atoms with Crippen molar-refractivity contribution in [1.29, 1.82) is 0 Å². The van der Waals surface area contributed by atoms with E-state index in [1.54, 1.807) is 6.08 Å². The maximum Gasteiger partial charge on any atom is 0.370 e. The summed E-state index contributed by atoms with van der Waals surface area (Å²) in [4.78, 5) is 11.4. The summed E-state index contributed by atoms with van der Waals surface area (Å²) >= 11 is 0. The minimum Gasteiger partial charge on any atom is -0.475 e. The van der Waals surface area contributed by atoms with Gasteiger partial charge in [0.2, 0.25) is 12.0 Å². The SMILES string of the molecule is C#Cc1ccc([C@H]2C=C(C(=O)O)O[C@@H](OCC)[C@@H]2CCCO)cc1. The first-order valence-corrected chi connectivity index (χ1v) is 8.01. The number of aliphatic hydroxyl groups excluding tert-OH is 1. The maximum atomic E-state index is 11.4. The molecule has 24 heavy (non-hydrogen) atoms. The molecule has 0 unspecified atom stereocenters. The summed E-state index contributed by atoms with van der Waals surface area (Å²) in [5, 5.41) is 18.5. The molecule has 1 aliphatic heterocycles. The second-order valence-electron chi connectivity index (χ2n) is 5.60. The van der Waals surface area contributed by atoms with Crippen LogP contribution in [0.15, 0.2) is 36.1 Å². The van der Waals surface area contributed by atoms with Crippen molar-refractivity contribution in [3.05, 3.63) is 47.2 Å². The highest BCUT2D eigenvalue weighted by Crippen LogP contribution is 2.39. The molecule has 1 aromatic rings. The fourth-order valence-electron chi connectivity index (χ4n) is 2.94. The second kappa shape index (κ2) is 8.53. The lowest BCUT2D eigenvalue weighted by Crippen LogP contribution is -2.36. The number of carboxylic acid groups (broad SMARTS) is 1. The number of aliphatic carboxylic acids is 1. The van der Waals surface area contributed by atoms with Crippen LogP contribution in [-0.4, -0.2) is 35.7 Å². The predicted molar refractivity (Wildman–Crippen MR) is 89.1 cm³/mol. The van der Waals surface area contributed by atoms with Crippen molar-refractivity contribution in [2.75, 3.05) is 13.2 Å². The highest BCUT2D eigenvalue weighted by molar-refractivity contribution is 5.84. The molecule has 3 atom stereocenters. The highest BCUT2D eigenvalue weighted by atomic mass is 16.7. The lowest BCUT2D eigenvalue weighted by Gasteiger charge is -2.36. The quantitative estimate of drug-likeness (QED) is 0.751. The second-order valence-corrected chi connectivity index (χ2v) is 5.60. The van der Waals surface area contributed by atoms with Crippen molar-refractivity contribution in [3.63, 3.8) is 0 Å². The molecule has 1 aliphatic rings. The maximum absolute atomic E-state index is 11.4. The van der Waals surface area contributed by atoms with E-state index in [0.29, 0.717) is 19.4 Å². The van der Waals surface area contributed by atoms with E-state index in [1.165, 1.54) is 0 Å². The van der Waals surface area contributed by atoms with E-state index in [0.717, 1.165) is 11.1 Å². The minimum absolute atomic E-state index is 0.0631. The predicted octanol–water partition coefficient (Wildman–Crippen LogP) is 2.50. The largest absolute Gasteiger partial charge is 0.475 e. The van der Waals surface area contributed by atoms with Crippen molar-refractivity contribution in [3.8, 4) is 12.3 Å². The standard InChI is InChI=1S/C19H22O5/c1-3-13-7-9-14(10-8-13)16-12-17(18(21)22)24-19(23-4-2)15(16)6-5-11-20/h1,7-10,12,15-16,19-20H,4-6,11H2,2H3,(H,21,22)/t15-,16-,19-/m1/s1. The third kappa shape index (κ3) is 4.16. The number of hydrogen-bond donors (Lipinski definition) is 2. The Morgan fingerprint density at radius 1 is 1.38 bits per heavy atom. The van der Waals surface area contributed by atoms with Crippen LogP contribution in [0.4, 0.5) is 0 Å². The average Bonchev–Trinajstić information content (AvgIpc) is 2.60. The molecule has 0 radical (unpaired) electrons. The summed E-state index contributed by atoms with van der Waals surface area (Å²) in [6.07, 6.45) is 7.59. The normalized spacial score (nSPS) is 23.0. The Balaban J connectivity index is 2.40. The van der Waals surface area contributed by atoms with Crippen LogP contribution in [0.2, 0.25) is 0 Å². The van der Waals surface area contributed by atoms with Gasteiger partial charge < -0.3 is 19.7 Å². The lowest BCUT2D eigenvalue weighted by atomic mass is 9.80. The zero-order chi connectivity index (χ0) is 17.5. The molecule has 1 aromatic carbocycles. The van der Waals surface area contributed by atoms with Gasteiger partial charge in [-0.25, -0.2) is 4.79 Å². The number of aliphatic hydroxyl groups is 1. The zero-order valence-corrected chi connectivity index (χ0v) is 13.6. The van der Waals surface area contributed by atoms with Crippen LogP contribution >= 0.6 is 0 Å². The topological polar surface area (TPSA) is 76.0 Å². The molecule has 0 spiro atoms. The molecule has 0 aromatic heterocycles. The van der Waals surface area contributed by atoms with Crippen molar-refractivity contribution >= 4 is 5.97 Å². The van der Waals surface area contributed by atoms with E-state index < -0.39 is 12.3 Å². The van der Waals surface area contributed by atoms with Gasteiger partial charge in [-0.1, -0.05) is 18.1 Å². The van der Waals surface area contributed by atoms with Crippen molar-refractivity contribution in [1.82, 2.24) is 0 Å². The van der Waals surface area contributed by atoms with Crippen LogP contribution < -0.4 is 0 Å². The summed E-state index contributed by atoms with van der Waals surface area (Å²) in [6.45, 7) is 2.31. The number of allylic oxidation sites excluding steroid dienone is 1. The van der Waals surface area contributed by atoms with Crippen LogP contribution in [0.1, 0.15) is 36.8 Å². The van der Waals surface area contributed by atoms with Crippen molar-refractivity contribution < 1.29 is 24.5 Å². The van der Waals surface area contributed by atoms with Gasteiger partial charge in [0.15, 0.2) is 0 Å². The van der Waals surface area contributed by atoms with Gasteiger partial charge in [0, 0.05) is 30.6 Å². The van der Waals surface area contributed by atoms with Gasteiger partial charge in [-0.2, -0.15) is 0 Å². The smallest absolute Gasteiger partial charge is 0.370 e. The Morgan fingerprint density at radius 2 is 2.08 bits per heavy atom. The number of ether oxygens (including phenoxy) is 2. The Morgan fingerprint density at radius 3 is 2.62 bits per heavy atom. The Kier molecular flexibility index (Phi) is 6.42. The lowest BCUT2D eigenvalue weighted by molar-refractivity contribution is -0.173. The summed E-state index contributed by atoms with van der Waals surface area (Å²) in [5.74, 6) is 1.07. The molecule has 0 aliphatic carbocycles. The summed E-state index contributed by atoms with van der Waals surface area (Å²) < 4.78 is 11.1. The van der Waals surface area contributed by atoms with Gasteiger partial charge in [0.05, 0.1) is 0 Å². The van der Waals surface area contributed by atoms with Gasteiger partial charge in [0.25, 0.3) is 0 Å². The molecule has 5 heteroatoms. The zero-order valence-electron chi connectivity index (χ0n) is 13.6. The van der Waals surface area contributed by atoms with Gasteiger partial charge in [-0.15, -0.1) is 6.42 Å². The van der Waals surface area contributed by atoms with Gasteiger partial charge in [-0.05, 0) is 43.5 Å². The van der Waals surface area contributed by atoms with Gasteiger partial charge in [0.1, 0.15) is 0 Å².